The molecule has 6 heteroatoms. The zero-order chi connectivity index (χ0) is 13.8. The maximum atomic E-state index is 4.45. The molecule has 0 saturated heterocycles. The topological polar surface area (TPSA) is 62.7 Å². The van der Waals surface area contributed by atoms with Crippen molar-refractivity contribution in [1.29, 1.82) is 0 Å². The van der Waals surface area contributed by atoms with Crippen LogP contribution >= 0.6 is 15.9 Å². The van der Waals surface area contributed by atoms with Gasteiger partial charge in [-0.2, -0.15) is 10.1 Å². The number of benzene rings is 1. The summed E-state index contributed by atoms with van der Waals surface area (Å²) in [7, 11) is 0. The molecule has 5 nitrogen and oxygen atoms in total. The second-order valence-electron chi connectivity index (χ2n) is 4.92. The van der Waals surface area contributed by atoms with E-state index in [2.05, 4.69) is 41.7 Å². The van der Waals surface area contributed by atoms with Crippen molar-refractivity contribution in [2.75, 3.05) is 10.6 Å². The average Bonchev–Trinajstić information content (AvgIpc) is 2.95. The third kappa shape index (κ3) is 3.45. The number of nitrogens with zero attached hydrogens (tertiary/aromatic N) is 3. The summed E-state index contributed by atoms with van der Waals surface area (Å²) >= 11 is 3.42. The molecule has 2 aromatic rings. The molecule has 2 N–H and O–H groups in total. The van der Waals surface area contributed by atoms with Gasteiger partial charge in [0.25, 0.3) is 0 Å². The molecule has 1 saturated carbocycles. The van der Waals surface area contributed by atoms with Gasteiger partial charge >= 0.3 is 0 Å². The number of halogens is 1. The van der Waals surface area contributed by atoms with Gasteiger partial charge in [-0.1, -0.05) is 28.8 Å². The Morgan fingerprint density at radius 3 is 2.60 bits per heavy atom. The summed E-state index contributed by atoms with van der Waals surface area (Å²) in [6.45, 7) is 0. The lowest BCUT2D eigenvalue weighted by Gasteiger charge is -2.12. The zero-order valence-electron chi connectivity index (χ0n) is 11.0. The van der Waals surface area contributed by atoms with E-state index in [9.17, 15) is 0 Å². The first-order valence-electron chi connectivity index (χ1n) is 6.78. The molecule has 1 fully saturated rings. The van der Waals surface area contributed by atoms with Gasteiger partial charge in [0, 0.05) is 16.2 Å². The minimum Gasteiger partial charge on any atom is -0.350 e. The molecule has 1 aromatic carbocycles. The number of hydrogen-bond acceptors (Lipinski definition) is 5. The Hall–Kier alpha value is -1.69. The van der Waals surface area contributed by atoms with Crippen molar-refractivity contribution in [2.45, 2.75) is 31.7 Å². The van der Waals surface area contributed by atoms with E-state index in [1.54, 1.807) is 6.20 Å². The van der Waals surface area contributed by atoms with Crippen LogP contribution in [0, 0.1) is 0 Å². The highest BCUT2D eigenvalue weighted by atomic mass is 79.9. The molecule has 0 spiro atoms. The van der Waals surface area contributed by atoms with E-state index in [0.29, 0.717) is 17.8 Å². The molecule has 1 aliphatic carbocycles. The van der Waals surface area contributed by atoms with Crippen LogP contribution in [0.25, 0.3) is 0 Å². The van der Waals surface area contributed by atoms with Crippen LogP contribution in [0.4, 0.5) is 17.5 Å². The van der Waals surface area contributed by atoms with Gasteiger partial charge in [-0.25, -0.2) is 0 Å². The van der Waals surface area contributed by atoms with Gasteiger partial charge in [0.05, 0.1) is 6.20 Å². The van der Waals surface area contributed by atoms with Crippen molar-refractivity contribution in [2.24, 2.45) is 0 Å². The maximum Gasteiger partial charge on any atom is 0.244 e. The monoisotopic (exact) mass is 333 g/mol. The van der Waals surface area contributed by atoms with Gasteiger partial charge in [-0.15, -0.1) is 5.10 Å². The van der Waals surface area contributed by atoms with E-state index in [-0.39, 0.29) is 0 Å². The van der Waals surface area contributed by atoms with E-state index in [1.807, 2.05) is 24.3 Å². The van der Waals surface area contributed by atoms with Crippen LogP contribution in [0.5, 0.6) is 0 Å². The second-order valence-corrected chi connectivity index (χ2v) is 5.84. The van der Waals surface area contributed by atoms with Crippen LogP contribution in [0.15, 0.2) is 34.9 Å². The molecule has 1 aliphatic rings. The summed E-state index contributed by atoms with van der Waals surface area (Å²) in [6, 6.07) is 8.41. The lowest BCUT2D eigenvalue weighted by Crippen LogP contribution is -2.17. The van der Waals surface area contributed by atoms with E-state index in [1.165, 1.54) is 25.7 Å². The Morgan fingerprint density at radius 1 is 1.10 bits per heavy atom. The SMILES string of the molecule is Brc1ccc(Nc2cnnc(NC3CCCC3)n2)cc1. The molecule has 1 aromatic heterocycles. The molecule has 104 valence electrons. The number of aromatic nitrogens is 3. The molecule has 0 amide bonds. The lowest BCUT2D eigenvalue weighted by atomic mass is 10.3. The van der Waals surface area contributed by atoms with Gasteiger partial charge in [-0.3, -0.25) is 0 Å². The molecule has 1 heterocycles. The fourth-order valence-corrected chi connectivity index (χ4v) is 2.62. The Morgan fingerprint density at radius 2 is 1.85 bits per heavy atom. The zero-order valence-corrected chi connectivity index (χ0v) is 12.6. The highest BCUT2D eigenvalue weighted by Crippen LogP contribution is 2.21. The first kappa shape index (κ1) is 13.3. The fraction of sp³-hybridized carbons (Fsp3) is 0.357. The quantitative estimate of drug-likeness (QED) is 0.892. The summed E-state index contributed by atoms with van der Waals surface area (Å²) in [5, 5.41) is 14.6. The maximum absolute atomic E-state index is 4.45. The molecule has 0 radical (unpaired) electrons. The smallest absolute Gasteiger partial charge is 0.244 e. The molecular weight excluding hydrogens is 318 g/mol. The number of hydrogen-bond donors (Lipinski definition) is 2. The van der Waals surface area contributed by atoms with E-state index < -0.39 is 0 Å². The molecular formula is C14H16BrN5. The standard InChI is InChI=1S/C14H16BrN5/c15-10-5-7-12(8-6-10)17-13-9-16-20-14(19-13)18-11-3-1-2-4-11/h5-9,11H,1-4H2,(H2,17,18,19,20). The molecule has 20 heavy (non-hydrogen) atoms. The number of anilines is 3. The van der Waals surface area contributed by atoms with E-state index >= 15 is 0 Å². The highest BCUT2D eigenvalue weighted by molar-refractivity contribution is 9.10. The molecule has 0 atom stereocenters. The summed E-state index contributed by atoms with van der Waals surface area (Å²) < 4.78 is 1.05. The molecule has 0 aliphatic heterocycles. The molecule has 3 rings (SSSR count). The predicted octanol–water partition coefficient (Wildman–Crippen LogP) is 3.73. The Labute approximate surface area is 126 Å². The number of nitrogens with one attached hydrogen (secondary N) is 2. The van der Waals surface area contributed by atoms with Crippen molar-refractivity contribution in [3.8, 4) is 0 Å². The predicted molar refractivity (Wildman–Crippen MR) is 83.1 cm³/mol. The lowest BCUT2D eigenvalue weighted by molar-refractivity contribution is 0.738. The minimum atomic E-state index is 0.486. The highest BCUT2D eigenvalue weighted by Gasteiger charge is 2.15. The minimum absolute atomic E-state index is 0.486. The van der Waals surface area contributed by atoms with Gasteiger partial charge in [-0.05, 0) is 37.1 Å². The third-order valence-electron chi connectivity index (χ3n) is 3.36. The van der Waals surface area contributed by atoms with Gasteiger partial charge in [0.1, 0.15) is 0 Å². The third-order valence-corrected chi connectivity index (χ3v) is 3.89. The van der Waals surface area contributed by atoms with Crippen LogP contribution in [0.3, 0.4) is 0 Å². The van der Waals surface area contributed by atoms with Crippen molar-refractivity contribution in [1.82, 2.24) is 15.2 Å². The number of rotatable bonds is 4. The van der Waals surface area contributed by atoms with Gasteiger partial charge in [0.15, 0.2) is 5.82 Å². The molecule has 0 unspecified atom stereocenters. The van der Waals surface area contributed by atoms with Crippen molar-refractivity contribution in [3.05, 3.63) is 34.9 Å². The van der Waals surface area contributed by atoms with Crippen molar-refractivity contribution < 1.29 is 0 Å². The second kappa shape index (κ2) is 6.17. The Bertz CT molecular complexity index is 566. The summed E-state index contributed by atoms with van der Waals surface area (Å²) in [5.41, 5.74) is 0.973. The summed E-state index contributed by atoms with van der Waals surface area (Å²) in [6.07, 6.45) is 6.56. The Balaban J connectivity index is 1.68. The van der Waals surface area contributed by atoms with Crippen LogP contribution in [-0.2, 0) is 0 Å². The van der Waals surface area contributed by atoms with Crippen molar-refractivity contribution >= 4 is 33.4 Å². The molecule has 0 bridgehead atoms. The largest absolute Gasteiger partial charge is 0.350 e. The van der Waals surface area contributed by atoms with Crippen LogP contribution in [0.1, 0.15) is 25.7 Å². The summed E-state index contributed by atoms with van der Waals surface area (Å²) in [4.78, 5) is 4.45. The normalized spacial score (nSPS) is 15.2. The summed E-state index contributed by atoms with van der Waals surface area (Å²) in [5.74, 6) is 1.29. The van der Waals surface area contributed by atoms with Gasteiger partial charge < -0.3 is 10.6 Å². The van der Waals surface area contributed by atoms with E-state index in [0.717, 1.165) is 10.2 Å². The fourth-order valence-electron chi connectivity index (χ4n) is 2.36. The average molecular weight is 334 g/mol. The van der Waals surface area contributed by atoms with Crippen LogP contribution in [-0.4, -0.2) is 21.2 Å². The first-order chi connectivity index (χ1) is 9.79. The van der Waals surface area contributed by atoms with Crippen LogP contribution < -0.4 is 10.6 Å². The van der Waals surface area contributed by atoms with Crippen LogP contribution in [0.2, 0.25) is 0 Å². The van der Waals surface area contributed by atoms with E-state index in [4.69, 9.17) is 0 Å². The van der Waals surface area contributed by atoms with Gasteiger partial charge in [0.2, 0.25) is 5.95 Å². The first-order valence-corrected chi connectivity index (χ1v) is 7.58. The van der Waals surface area contributed by atoms with Crippen molar-refractivity contribution in [3.63, 3.8) is 0 Å². The Kier molecular flexibility index (Phi) is 4.11.